The maximum Gasteiger partial charge on any atom is 0.573 e. The first-order valence-electron chi connectivity index (χ1n) is 4.71. The normalized spacial score (nSPS) is 10.6. The van der Waals surface area contributed by atoms with Gasteiger partial charge in [0.25, 0.3) is 0 Å². The Morgan fingerprint density at radius 2 is 2.17 bits per heavy atom. The van der Waals surface area contributed by atoms with Crippen LogP contribution in [0.15, 0.2) is 12.1 Å². The van der Waals surface area contributed by atoms with E-state index in [1.165, 1.54) is 6.92 Å². The molecule has 0 aliphatic carbocycles. The zero-order valence-electron chi connectivity index (χ0n) is 9.11. The van der Waals surface area contributed by atoms with Gasteiger partial charge in [-0.25, -0.2) is 9.78 Å². The Morgan fingerprint density at radius 3 is 2.67 bits per heavy atom. The van der Waals surface area contributed by atoms with Gasteiger partial charge >= 0.3 is 12.3 Å². The molecule has 0 saturated carbocycles. The van der Waals surface area contributed by atoms with Gasteiger partial charge in [-0.1, -0.05) is 0 Å². The lowest BCUT2D eigenvalue weighted by atomic mass is 10.3. The fourth-order valence-corrected chi connectivity index (χ4v) is 1.06. The monoisotopic (exact) mass is 260 g/mol. The Bertz CT molecular complexity index is 494. The van der Waals surface area contributed by atoms with Crippen molar-refractivity contribution in [2.24, 2.45) is 0 Å². The van der Waals surface area contributed by atoms with Gasteiger partial charge in [-0.3, -0.25) is 0 Å². The molecule has 0 amide bonds. The fourth-order valence-electron chi connectivity index (χ4n) is 1.06. The molecule has 0 atom stereocenters. The van der Waals surface area contributed by atoms with Gasteiger partial charge in [-0.05, 0) is 19.1 Å². The third-order valence-electron chi connectivity index (χ3n) is 1.67. The third-order valence-corrected chi connectivity index (χ3v) is 1.67. The van der Waals surface area contributed by atoms with E-state index in [0.29, 0.717) is 0 Å². The number of rotatable bonds is 3. The number of hydrogen-bond donors (Lipinski definition) is 0. The Balaban J connectivity index is 3.17. The Kier molecular flexibility index (Phi) is 4.09. The second kappa shape index (κ2) is 5.35. The largest absolute Gasteiger partial charge is 0.573 e. The molecule has 0 unspecified atom stereocenters. The first kappa shape index (κ1) is 13.8. The van der Waals surface area contributed by atoms with Crippen LogP contribution in [0.25, 0.3) is 0 Å². The van der Waals surface area contributed by atoms with Crippen LogP contribution in [-0.2, 0) is 4.74 Å². The van der Waals surface area contributed by atoms with Gasteiger partial charge in [0.05, 0.1) is 6.61 Å². The first-order valence-corrected chi connectivity index (χ1v) is 4.71. The van der Waals surface area contributed by atoms with Gasteiger partial charge in [-0.15, -0.1) is 13.2 Å². The van der Waals surface area contributed by atoms with Gasteiger partial charge in [0.2, 0.25) is 0 Å². The molecule has 0 bridgehead atoms. The fraction of sp³-hybridized carbons (Fsp3) is 0.300. The minimum atomic E-state index is -4.96. The minimum Gasteiger partial charge on any atom is -0.461 e. The van der Waals surface area contributed by atoms with Gasteiger partial charge in [0.15, 0.2) is 11.4 Å². The second-order valence-electron chi connectivity index (χ2n) is 2.92. The van der Waals surface area contributed by atoms with Gasteiger partial charge in [0.1, 0.15) is 11.8 Å². The van der Waals surface area contributed by atoms with E-state index in [2.05, 4.69) is 14.5 Å². The zero-order valence-corrected chi connectivity index (χ0v) is 9.11. The quantitative estimate of drug-likeness (QED) is 0.777. The second-order valence-corrected chi connectivity index (χ2v) is 2.92. The third kappa shape index (κ3) is 3.62. The van der Waals surface area contributed by atoms with E-state index in [-0.39, 0.29) is 12.3 Å². The van der Waals surface area contributed by atoms with Crippen molar-refractivity contribution in [3.05, 3.63) is 23.5 Å². The maximum absolute atomic E-state index is 12.1. The van der Waals surface area contributed by atoms with E-state index in [9.17, 15) is 18.0 Å². The number of esters is 1. The smallest absolute Gasteiger partial charge is 0.461 e. The predicted molar refractivity (Wildman–Crippen MR) is 51.6 cm³/mol. The molecular weight excluding hydrogens is 253 g/mol. The van der Waals surface area contributed by atoms with Crippen LogP contribution >= 0.6 is 0 Å². The van der Waals surface area contributed by atoms with E-state index in [1.807, 2.05) is 0 Å². The summed E-state index contributed by atoms with van der Waals surface area (Å²) in [5.41, 5.74) is -0.902. The molecule has 1 rings (SSSR count). The highest BCUT2D eigenvalue weighted by atomic mass is 19.4. The van der Waals surface area contributed by atoms with Crippen LogP contribution in [-0.4, -0.2) is 23.9 Å². The number of pyridine rings is 1. The highest BCUT2D eigenvalue weighted by Gasteiger charge is 2.33. The van der Waals surface area contributed by atoms with E-state index in [0.717, 1.165) is 12.1 Å². The molecule has 8 heteroatoms. The van der Waals surface area contributed by atoms with E-state index in [4.69, 9.17) is 5.26 Å². The number of carbonyl (C=O) groups is 1. The zero-order chi connectivity index (χ0) is 13.8. The van der Waals surface area contributed by atoms with E-state index in [1.54, 1.807) is 6.07 Å². The molecule has 0 aliphatic rings. The molecule has 0 aromatic carbocycles. The first-order chi connectivity index (χ1) is 8.37. The van der Waals surface area contributed by atoms with Crippen molar-refractivity contribution in [3.63, 3.8) is 0 Å². The van der Waals surface area contributed by atoms with Crippen molar-refractivity contribution in [2.75, 3.05) is 6.61 Å². The molecule has 1 aromatic heterocycles. The molecule has 5 nitrogen and oxygen atoms in total. The Labute approximate surface area is 99.8 Å². The number of nitrogens with zero attached hydrogens (tertiary/aromatic N) is 2. The number of aromatic nitrogens is 1. The average molecular weight is 260 g/mol. The van der Waals surface area contributed by atoms with Crippen LogP contribution < -0.4 is 4.74 Å². The standard InChI is InChI=1S/C10H7F3N2O3/c1-2-17-9(16)8-7(18-10(11,12)13)4-3-6(5-14)15-8/h3-4H,2H2,1H3. The number of nitriles is 1. The molecular formula is C10H7F3N2O3. The molecule has 1 heterocycles. The van der Waals surface area contributed by atoms with Gasteiger partial charge < -0.3 is 9.47 Å². The molecule has 1 aromatic rings. The number of ether oxygens (including phenoxy) is 2. The maximum atomic E-state index is 12.1. The number of alkyl halides is 3. The molecule has 0 fully saturated rings. The summed E-state index contributed by atoms with van der Waals surface area (Å²) in [6.45, 7) is 1.44. The lowest BCUT2D eigenvalue weighted by molar-refractivity contribution is -0.274. The minimum absolute atomic E-state index is 0.0389. The summed E-state index contributed by atoms with van der Waals surface area (Å²) < 4.78 is 44.4. The number of carbonyl (C=O) groups excluding carboxylic acids is 1. The summed E-state index contributed by atoms with van der Waals surface area (Å²) in [6, 6.07) is 3.44. The van der Waals surface area contributed by atoms with Crippen molar-refractivity contribution in [2.45, 2.75) is 13.3 Å². The molecule has 96 valence electrons. The Morgan fingerprint density at radius 1 is 1.50 bits per heavy atom. The molecule has 0 aliphatic heterocycles. The average Bonchev–Trinajstić information content (AvgIpc) is 2.27. The number of hydrogen-bond acceptors (Lipinski definition) is 5. The lowest BCUT2D eigenvalue weighted by Crippen LogP contribution is -2.20. The summed E-state index contributed by atoms with van der Waals surface area (Å²) in [5.74, 6) is -1.89. The van der Waals surface area contributed by atoms with E-state index < -0.39 is 23.8 Å². The number of halogens is 3. The predicted octanol–water partition coefficient (Wildman–Crippen LogP) is 2.03. The van der Waals surface area contributed by atoms with Crippen molar-refractivity contribution >= 4 is 5.97 Å². The Hall–Kier alpha value is -2.30. The summed E-state index contributed by atoms with van der Waals surface area (Å²) in [4.78, 5) is 14.8. The highest BCUT2D eigenvalue weighted by Crippen LogP contribution is 2.26. The molecule has 18 heavy (non-hydrogen) atoms. The topological polar surface area (TPSA) is 72.2 Å². The lowest BCUT2D eigenvalue weighted by Gasteiger charge is -2.11. The SMILES string of the molecule is CCOC(=O)c1nc(C#N)ccc1OC(F)(F)F. The summed E-state index contributed by atoms with van der Waals surface area (Å²) in [5, 5.41) is 8.57. The summed E-state index contributed by atoms with van der Waals surface area (Å²) >= 11 is 0. The van der Waals surface area contributed by atoms with Crippen molar-refractivity contribution in [3.8, 4) is 11.8 Å². The van der Waals surface area contributed by atoms with Crippen molar-refractivity contribution in [1.29, 1.82) is 5.26 Å². The van der Waals surface area contributed by atoms with Crippen molar-refractivity contribution < 1.29 is 27.4 Å². The summed E-state index contributed by atoms with van der Waals surface area (Å²) in [6.07, 6.45) is -4.96. The van der Waals surface area contributed by atoms with Crippen LogP contribution in [0, 0.1) is 11.3 Å². The molecule has 0 N–H and O–H groups in total. The van der Waals surface area contributed by atoms with Crippen molar-refractivity contribution in [1.82, 2.24) is 4.98 Å². The van der Waals surface area contributed by atoms with Crippen LogP contribution in [0.5, 0.6) is 5.75 Å². The molecule has 0 radical (unpaired) electrons. The van der Waals surface area contributed by atoms with Crippen LogP contribution in [0.1, 0.15) is 23.1 Å². The highest BCUT2D eigenvalue weighted by molar-refractivity contribution is 5.90. The van der Waals surface area contributed by atoms with E-state index >= 15 is 0 Å². The molecule has 0 saturated heterocycles. The van der Waals surface area contributed by atoms with Gasteiger partial charge in [-0.2, -0.15) is 5.26 Å². The molecule has 0 spiro atoms. The van der Waals surface area contributed by atoms with Crippen LogP contribution in [0.4, 0.5) is 13.2 Å². The summed E-state index contributed by atoms with van der Waals surface area (Å²) in [7, 11) is 0. The van der Waals surface area contributed by atoms with Crippen LogP contribution in [0.2, 0.25) is 0 Å². The van der Waals surface area contributed by atoms with Crippen LogP contribution in [0.3, 0.4) is 0 Å². The van der Waals surface area contributed by atoms with Gasteiger partial charge in [0, 0.05) is 0 Å².